The average molecular weight is 395 g/mol. The Morgan fingerprint density at radius 3 is 2.43 bits per heavy atom. The van der Waals surface area contributed by atoms with Crippen LogP contribution in [-0.4, -0.2) is 32.9 Å². The normalized spacial score (nSPS) is 21.4. The molecule has 0 aliphatic heterocycles. The fourth-order valence-corrected chi connectivity index (χ4v) is 3.80. The van der Waals surface area contributed by atoms with E-state index in [1.165, 1.54) is 0 Å². The van der Waals surface area contributed by atoms with Crippen molar-refractivity contribution in [2.45, 2.75) is 44.8 Å². The number of rotatable bonds is 4. The minimum absolute atomic E-state index is 0.0200. The van der Waals surface area contributed by atoms with Crippen molar-refractivity contribution >= 4 is 11.7 Å². The van der Waals surface area contributed by atoms with Gasteiger partial charge in [-0.3, -0.25) is 9.48 Å². The van der Waals surface area contributed by atoms with Gasteiger partial charge in [0, 0.05) is 18.8 Å². The summed E-state index contributed by atoms with van der Waals surface area (Å²) in [4.78, 5) is 16.7. The molecule has 0 spiro atoms. The van der Waals surface area contributed by atoms with Crippen molar-refractivity contribution in [2.24, 2.45) is 24.6 Å². The van der Waals surface area contributed by atoms with Gasteiger partial charge in [-0.05, 0) is 56.2 Å². The summed E-state index contributed by atoms with van der Waals surface area (Å²) in [6.07, 6.45) is -0.138. The first kappa shape index (κ1) is 20.3. The summed E-state index contributed by atoms with van der Waals surface area (Å²) in [5.74, 6) is -1.61. The summed E-state index contributed by atoms with van der Waals surface area (Å²) in [6.45, 7) is 1.95. The van der Waals surface area contributed by atoms with Crippen LogP contribution in [-0.2, 0) is 11.8 Å². The fraction of sp³-hybridized carbons (Fsp3) is 0.526. The van der Waals surface area contributed by atoms with Crippen LogP contribution in [0.3, 0.4) is 0 Å². The number of hydrogen-bond donors (Lipinski definition) is 2. The van der Waals surface area contributed by atoms with Crippen LogP contribution >= 0.6 is 0 Å². The van der Waals surface area contributed by atoms with E-state index in [4.69, 9.17) is 5.73 Å². The van der Waals surface area contributed by atoms with Crippen molar-refractivity contribution in [1.29, 1.82) is 0 Å². The van der Waals surface area contributed by atoms with E-state index >= 15 is 0 Å². The van der Waals surface area contributed by atoms with E-state index in [0.717, 1.165) is 16.8 Å². The summed E-state index contributed by atoms with van der Waals surface area (Å²) in [5, 5.41) is 6.85. The van der Waals surface area contributed by atoms with E-state index < -0.39 is 24.0 Å². The van der Waals surface area contributed by atoms with Crippen LogP contribution in [0.4, 0.5) is 19.0 Å². The number of aromatic nitrogens is 3. The molecule has 1 saturated carbocycles. The minimum atomic E-state index is -4.17. The molecule has 2 aromatic heterocycles. The Morgan fingerprint density at radius 1 is 1.25 bits per heavy atom. The van der Waals surface area contributed by atoms with Crippen LogP contribution in [0, 0.1) is 18.8 Å². The average Bonchev–Trinajstić information content (AvgIpc) is 2.99. The molecule has 1 amide bonds. The van der Waals surface area contributed by atoms with E-state index in [0.29, 0.717) is 18.7 Å². The van der Waals surface area contributed by atoms with Gasteiger partial charge >= 0.3 is 6.18 Å². The predicted molar refractivity (Wildman–Crippen MR) is 99.3 cm³/mol. The van der Waals surface area contributed by atoms with Gasteiger partial charge < -0.3 is 11.1 Å². The summed E-state index contributed by atoms with van der Waals surface area (Å²) in [6, 6.07) is 2.65. The number of nitrogens with two attached hydrogens (primary N) is 1. The lowest BCUT2D eigenvalue weighted by molar-refractivity contribution is -0.184. The molecule has 3 N–H and O–H groups in total. The van der Waals surface area contributed by atoms with Crippen LogP contribution in [0.2, 0.25) is 0 Å². The number of carbonyl (C=O) groups is 1. The number of pyridine rings is 1. The Kier molecular flexibility index (Phi) is 5.74. The second-order valence-electron chi connectivity index (χ2n) is 7.40. The fourth-order valence-electron chi connectivity index (χ4n) is 3.80. The molecule has 3 rings (SSSR count). The molecule has 6 nitrogen and oxygen atoms in total. The molecule has 0 bridgehead atoms. The van der Waals surface area contributed by atoms with Gasteiger partial charge in [-0.2, -0.15) is 18.3 Å². The second-order valence-corrected chi connectivity index (χ2v) is 7.40. The highest BCUT2D eigenvalue weighted by Crippen LogP contribution is 2.40. The number of amides is 1. The summed E-state index contributed by atoms with van der Waals surface area (Å²) >= 11 is 0. The van der Waals surface area contributed by atoms with Crippen molar-refractivity contribution in [3.63, 3.8) is 0 Å². The smallest absolute Gasteiger partial charge is 0.320 e. The van der Waals surface area contributed by atoms with Gasteiger partial charge in [-0.25, -0.2) is 4.98 Å². The van der Waals surface area contributed by atoms with E-state index in [1.54, 1.807) is 23.1 Å². The number of alkyl halides is 3. The monoisotopic (exact) mass is 395 g/mol. The molecule has 28 heavy (non-hydrogen) atoms. The van der Waals surface area contributed by atoms with Crippen molar-refractivity contribution < 1.29 is 18.0 Å². The Morgan fingerprint density at radius 2 is 1.93 bits per heavy atom. The van der Waals surface area contributed by atoms with Gasteiger partial charge in [0.1, 0.15) is 5.82 Å². The molecular weight excluding hydrogens is 371 g/mol. The van der Waals surface area contributed by atoms with Crippen molar-refractivity contribution in [1.82, 2.24) is 14.8 Å². The lowest BCUT2D eigenvalue weighted by atomic mass is 9.78. The topological polar surface area (TPSA) is 85.8 Å². The molecule has 1 fully saturated rings. The van der Waals surface area contributed by atoms with Crippen LogP contribution < -0.4 is 11.1 Å². The molecule has 9 heteroatoms. The van der Waals surface area contributed by atoms with E-state index in [9.17, 15) is 18.0 Å². The molecule has 1 aliphatic carbocycles. The third-order valence-corrected chi connectivity index (χ3v) is 5.46. The van der Waals surface area contributed by atoms with Gasteiger partial charge in [0.2, 0.25) is 5.91 Å². The molecule has 0 saturated heterocycles. The SMILES string of the molecule is Cc1cnn(C)c1-c1ccc(NC(=O)C(N)C2CCC(C(F)(F)F)CC2)nc1. The number of hydrogen-bond acceptors (Lipinski definition) is 4. The van der Waals surface area contributed by atoms with E-state index in [1.807, 2.05) is 20.0 Å². The van der Waals surface area contributed by atoms with Crippen LogP contribution in [0.5, 0.6) is 0 Å². The summed E-state index contributed by atoms with van der Waals surface area (Å²) in [7, 11) is 1.84. The number of carbonyl (C=O) groups excluding carboxylic acids is 1. The Labute approximate surface area is 161 Å². The number of nitrogens with zero attached hydrogens (tertiary/aromatic N) is 3. The quantitative estimate of drug-likeness (QED) is 0.831. The predicted octanol–water partition coefficient (Wildman–Crippen LogP) is 3.43. The van der Waals surface area contributed by atoms with Crippen LogP contribution in [0.1, 0.15) is 31.2 Å². The van der Waals surface area contributed by atoms with E-state index in [-0.39, 0.29) is 18.8 Å². The van der Waals surface area contributed by atoms with Crippen LogP contribution in [0.15, 0.2) is 24.5 Å². The number of nitrogens with one attached hydrogen (secondary N) is 1. The molecular formula is C19H24F3N5O. The second kappa shape index (κ2) is 7.90. The van der Waals surface area contributed by atoms with Gasteiger partial charge in [0.15, 0.2) is 0 Å². The Bertz CT molecular complexity index is 804. The van der Waals surface area contributed by atoms with Crippen LogP contribution in [0.25, 0.3) is 11.3 Å². The molecule has 2 aromatic rings. The first-order chi connectivity index (χ1) is 13.2. The van der Waals surface area contributed by atoms with Gasteiger partial charge in [-0.1, -0.05) is 0 Å². The Balaban J connectivity index is 1.59. The maximum Gasteiger partial charge on any atom is 0.391 e. The highest BCUT2D eigenvalue weighted by molar-refractivity contribution is 5.94. The van der Waals surface area contributed by atoms with Gasteiger partial charge in [-0.15, -0.1) is 0 Å². The molecule has 1 aliphatic rings. The molecule has 0 aromatic carbocycles. The third-order valence-electron chi connectivity index (χ3n) is 5.46. The molecule has 0 radical (unpaired) electrons. The zero-order chi connectivity index (χ0) is 20.5. The molecule has 1 atom stereocenters. The number of anilines is 1. The van der Waals surface area contributed by atoms with E-state index in [2.05, 4.69) is 15.4 Å². The minimum Gasteiger partial charge on any atom is -0.320 e. The molecule has 2 heterocycles. The third kappa shape index (κ3) is 4.35. The largest absolute Gasteiger partial charge is 0.391 e. The van der Waals surface area contributed by atoms with Crippen molar-refractivity contribution in [3.8, 4) is 11.3 Å². The molecule has 152 valence electrons. The van der Waals surface area contributed by atoms with Crippen molar-refractivity contribution in [3.05, 3.63) is 30.1 Å². The number of aryl methyl sites for hydroxylation is 2. The number of halogens is 3. The zero-order valence-electron chi connectivity index (χ0n) is 15.8. The molecule has 1 unspecified atom stereocenters. The Hall–Kier alpha value is -2.42. The lowest BCUT2D eigenvalue weighted by Crippen LogP contribution is -2.44. The summed E-state index contributed by atoms with van der Waals surface area (Å²) in [5.41, 5.74) is 8.82. The maximum atomic E-state index is 12.8. The van der Waals surface area contributed by atoms with Gasteiger partial charge in [0.25, 0.3) is 0 Å². The highest BCUT2D eigenvalue weighted by atomic mass is 19.4. The first-order valence-electron chi connectivity index (χ1n) is 9.25. The van der Waals surface area contributed by atoms with Crippen molar-refractivity contribution in [2.75, 3.05) is 5.32 Å². The standard InChI is InChI=1S/C19H24F3N5O/c1-11-9-25-27(2)17(11)13-5-8-15(24-10-13)26-18(28)16(23)12-3-6-14(7-4-12)19(20,21)22/h5,8-10,12,14,16H,3-4,6-7,23H2,1-2H3,(H,24,26,28). The summed E-state index contributed by atoms with van der Waals surface area (Å²) < 4.78 is 40.1. The van der Waals surface area contributed by atoms with Gasteiger partial charge in [0.05, 0.1) is 23.9 Å². The zero-order valence-corrected chi connectivity index (χ0v) is 15.8. The lowest BCUT2D eigenvalue weighted by Gasteiger charge is -2.32. The highest BCUT2D eigenvalue weighted by Gasteiger charge is 2.42. The maximum absolute atomic E-state index is 12.8. The first-order valence-corrected chi connectivity index (χ1v) is 9.25.